The van der Waals surface area contributed by atoms with Crippen molar-refractivity contribution in [3.8, 4) is 0 Å². The summed E-state index contributed by atoms with van der Waals surface area (Å²) in [5, 5.41) is 17.4. The van der Waals surface area contributed by atoms with Crippen LogP contribution in [-0.4, -0.2) is 22.7 Å². The fraction of sp³-hybridized carbons (Fsp3) is 0.333. The maximum atomic E-state index is 11.9. The maximum absolute atomic E-state index is 11.9. The first-order chi connectivity index (χ1) is 10.4. The molecule has 118 valence electrons. The number of nitrogens with zero attached hydrogens (tertiary/aromatic N) is 1. The van der Waals surface area contributed by atoms with Gasteiger partial charge in [-0.25, -0.2) is 0 Å². The molecule has 0 spiro atoms. The molecule has 0 aliphatic carbocycles. The smallest absolute Gasteiger partial charge is 0.224 e. The summed E-state index contributed by atoms with van der Waals surface area (Å²) < 4.78 is 5.01. The van der Waals surface area contributed by atoms with Crippen LogP contribution in [0, 0.1) is 13.8 Å². The van der Waals surface area contributed by atoms with E-state index in [4.69, 9.17) is 27.7 Å². The largest absolute Gasteiger partial charge is 0.387 e. The molecule has 2 N–H and O–H groups in total. The first-order valence-corrected chi connectivity index (χ1v) is 7.45. The highest BCUT2D eigenvalue weighted by molar-refractivity contribution is 6.34. The summed E-state index contributed by atoms with van der Waals surface area (Å²) in [7, 11) is 0. The van der Waals surface area contributed by atoms with Crippen molar-refractivity contribution in [1.82, 2.24) is 10.5 Å². The van der Waals surface area contributed by atoms with E-state index in [1.807, 2.05) is 0 Å². The Hall–Kier alpha value is -1.56. The number of rotatable bonds is 5. The molecule has 0 saturated carbocycles. The predicted molar refractivity (Wildman–Crippen MR) is 84.1 cm³/mol. The number of benzene rings is 1. The monoisotopic (exact) mass is 342 g/mol. The summed E-state index contributed by atoms with van der Waals surface area (Å²) in [6, 6.07) is 4.80. The van der Waals surface area contributed by atoms with E-state index in [0.29, 0.717) is 27.1 Å². The molecule has 1 amide bonds. The number of aliphatic hydroxyl groups is 1. The van der Waals surface area contributed by atoms with E-state index < -0.39 is 6.10 Å². The van der Waals surface area contributed by atoms with Gasteiger partial charge in [-0.3, -0.25) is 4.79 Å². The Morgan fingerprint density at radius 1 is 1.32 bits per heavy atom. The third-order valence-corrected chi connectivity index (χ3v) is 3.72. The fourth-order valence-corrected chi connectivity index (χ4v) is 2.62. The van der Waals surface area contributed by atoms with Crippen LogP contribution in [0.3, 0.4) is 0 Å². The number of aliphatic hydroxyl groups excluding tert-OH is 1. The lowest BCUT2D eigenvalue weighted by atomic mass is 10.1. The highest BCUT2D eigenvalue weighted by atomic mass is 35.5. The average Bonchev–Trinajstić information content (AvgIpc) is 2.75. The molecule has 1 unspecified atom stereocenters. The number of aromatic nitrogens is 1. The number of carbonyl (C=O) groups is 1. The van der Waals surface area contributed by atoms with E-state index >= 15 is 0 Å². The van der Waals surface area contributed by atoms with Crippen molar-refractivity contribution in [3.05, 3.63) is 50.8 Å². The average molecular weight is 343 g/mol. The van der Waals surface area contributed by atoms with Gasteiger partial charge < -0.3 is 14.9 Å². The minimum atomic E-state index is -0.884. The van der Waals surface area contributed by atoms with E-state index in [2.05, 4.69) is 10.5 Å². The second kappa shape index (κ2) is 7.13. The van der Waals surface area contributed by atoms with Gasteiger partial charge >= 0.3 is 0 Å². The van der Waals surface area contributed by atoms with Crippen molar-refractivity contribution in [1.29, 1.82) is 0 Å². The quantitative estimate of drug-likeness (QED) is 0.875. The second-order valence-corrected chi connectivity index (χ2v) is 5.88. The molecular weight excluding hydrogens is 327 g/mol. The van der Waals surface area contributed by atoms with Crippen LogP contribution < -0.4 is 5.32 Å². The Kier molecular flexibility index (Phi) is 5.45. The van der Waals surface area contributed by atoms with Crippen molar-refractivity contribution in [2.24, 2.45) is 0 Å². The topological polar surface area (TPSA) is 75.4 Å². The van der Waals surface area contributed by atoms with Crippen LogP contribution in [0.4, 0.5) is 0 Å². The van der Waals surface area contributed by atoms with Crippen LogP contribution in [0.1, 0.15) is 28.7 Å². The molecule has 0 aliphatic heterocycles. The lowest BCUT2D eigenvalue weighted by molar-refractivity contribution is -0.120. The molecule has 22 heavy (non-hydrogen) atoms. The van der Waals surface area contributed by atoms with Crippen molar-refractivity contribution >= 4 is 29.1 Å². The molecule has 1 heterocycles. The molecule has 1 atom stereocenters. The van der Waals surface area contributed by atoms with Crippen LogP contribution >= 0.6 is 23.2 Å². The Balaban J connectivity index is 1.93. The number of hydrogen-bond donors (Lipinski definition) is 2. The first-order valence-electron chi connectivity index (χ1n) is 6.69. The molecule has 0 bridgehead atoms. The third kappa shape index (κ3) is 4.22. The van der Waals surface area contributed by atoms with Gasteiger partial charge in [0.05, 0.1) is 18.2 Å². The van der Waals surface area contributed by atoms with Gasteiger partial charge in [-0.05, 0) is 37.6 Å². The van der Waals surface area contributed by atoms with E-state index in [9.17, 15) is 9.90 Å². The number of halogens is 2. The Morgan fingerprint density at radius 3 is 2.50 bits per heavy atom. The van der Waals surface area contributed by atoms with E-state index in [-0.39, 0.29) is 18.9 Å². The summed E-state index contributed by atoms with van der Waals surface area (Å²) in [5.74, 6) is 0.399. The summed E-state index contributed by atoms with van der Waals surface area (Å²) in [4.78, 5) is 11.9. The van der Waals surface area contributed by atoms with Gasteiger partial charge in [0, 0.05) is 22.2 Å². The highest BCUT2D eigenvalue weighted by Gasteiger charge is 2.15. The van der Waals surface area contributed by atoms with Crippen molar-refractivity contribution < 1.29 is 14.4 Å². The van der Waals surface area contributed by atoms with Crippen molar-refractivity contribution in [2.45, 2.75) is 26.4 Å². The zero-order valence-electron chi connectivity index (χ0n) is 12.2. The van der Waals surface area contributed by atoms with Crippen LogP contribution in [0.2, 0.25) is 10.0 Å². The van der Waals surface area contributed by atoms with Gasteiger partial charge in [0.2, 0.25) is 5.91 Å². The number of nitrogens with one attached hydrogen (secondary N) is 1. The number of hydrogen-bond acceptors (Lipinski definition) is 4. The predicted octanol–water partition coefficient (Wildman–Crippen LogP) is 2.99. The molecular formula is C15H16Cl2N2O3. The molecule has 1 aromatic heterocycles. The molecule has 1 aromatic carbocycles. The molecule has 2 rings (SSSR count). The van der Waals surface area contributed by atoms with Crippen molar-refractivity contribution in [3.63, 3.8) is 0 Å². The molecule has 0 radical (unpaired) electrons. The Morgan fingerprint density at radius 2 is 1.95 bits per heavy atom. The first kappa shape index (κ1) is 16.8. The SMILES string of the molecule is Cc1noc(C)c1CC(=O)NCC(O)c1cc(Cl)cc(Cl)c1. The summed E-state index contributed by atoms with van der Waals surface area (Å²) in [5.41, 5.74) is 2.00. The Labute approximate surface area is 138 Å². The van der Waals surface area contributed by atoms with Gasteiger partial charge in [0.25, 0.3) is 0 Å². The van der Waals surface area contributed by atoms with E-state index in [1.54, 1.807) is 32.0 Å². The van der Waals surface area contributed by atoms with Gasteiger partial charge in [-0.2, -0.15) is 0 Å². The molecule has 7 heteroatoms. The van der Waals surface area contributed by atoms with Gasteiger partial charge in [-0.1, -0.05) is 28.4 Å². The minimum absolute atomic E-state index is 0.0683. The standard InChI is InChI=1S/C15H16Cl2N2O3/c1-8-13(9(2)22-19-8)6-15(21)18-7-14(20)10-3-11(16)5-12(17)4-10/h3-5,14,20H,6-7H2,1-2H3,(H,18,21). The molecule has 5 nitrogen and oxygen atoms in total. The number of aryl methyl sites for hydroxylation is 2. The lowest BCUT2D eigenvalue weighted by Gasteiger charge is -2.13. The molecule has 0 saturated heterocycles. The van der Waals surface area contributed by atoms with Crippen LogP contribution in [0.5, 0.6) is 0 Å². The van der Waals surface area contributed by atoms with E-state index in [0.717, 1.165) is 5.56 Å². The summed E-state index contributed by atoms with van der Waals surface area (Å²) in [6.07, 6.45) is -0.727. The van der Waals surface area contributed by atoms with Gasteiger partial charge in [0.15, 0.2) is 0 Å². The van der Waals surface area contributed by atoms with Gasteiger partial charge in [-0.15, -0.1) is 0 Å². The second-order valence-electron chi connectivity index (χ2n) is 5.00. The zero-order chi connectivity index (χ0) is 16.3. The minimum Gasteiger partial charge on any atom is -0.387 e. The van der Waals surface area contributed by atoms with Gasteiger partial charge in [0.1, 0.15) is 5.76 Å². The number of carbonyl (C=O) groups excluding carboxylic acids is 1. The molecule has 0 fully saturated rings. The highest BCUT2D eigenvalue weighted by Crippen LogP contribution is 2.23. The third-order valence-electron chi connectivity index (χ3n) is 3.28. The van der Waals surface area contributed by atoms with Crippen LogP contribution in [0.15, 0.2) is 22.7 Å². The van der Waals surface area contributed by atoms with Crippen LogP contribution in [0.25, 0.3) is 0 Å². The summed E-state index contributed by atoms with van der Waals surface area (Å²) >= 11 is 11.8. The fourth-order valence-electron chi connectivity index (χ4n) is 2.07. The summed E-state index contributed by atoms with van der Waals surface area (Å²) in [6.45, 7) is 3.60. The van der Waals surface area contributed by atoms with Crippen LogP contribution in [-0.2, 0) is 11.2 Å². The zero-order valence-corrected chi connectivity index (χ0v) is 13.7. The van der Waals surface area contributed by atoms with E-state index in [1.165, 1.54) is 0 Å². The maximum Gasteiger partial charge on any atom is 0.224 e. The lowest BCUT2D eigenvalue weighted by Crippen LogP contribution is -2.29. The molecule has 2 aromatic rings. The molecule has 0 aliphatic rings. The van der Waals surface area contributed by atoms with Crippen molar-refractivity contribution in [2.75, 3.05) is 6.54 Å². The number of amides is 1. The Bertz CT molecular complexity index is 646. The normalized spacial score (nSPS) is 12.2.